The zero-order valence-electron chi connectivity index (χ0n) is 6.95. The van der Waals surface area contributed by atoms with E-state index < -0.39 is 0 Å². The van der Waals surface area contributed by atoms with Crippen LogP contribution in [0.15, 0.2) is 12.5 Å². The normalized spacial score (nSPS) is 22.2. The average Bonchev–Trinajstić information content (AvgIpc) is 2.64. The summed E-state index contributed by atoms with van der Waals surface area (Å²) in [5, 5.41) is 0. The summed E-state index contributed by atoms with van der Waals surface area (Å²) in [5.74, 6) is 0. The van der Waals surface area contributed by atoms with E-state index >= 15 is 0 Å². The third kappa shape index (κ3) is 1.43. The van der Waals surface area contributed by atoms with Gasteiger partial charge in [0, 0.05) is 6.42 Å². The van der Waals surface area contributed by atoms with Crippen molar-refractivity contribution in [3.63, 3.8) is 0 Å². The van der Waals surface area contributed by atoms with Gasteiger partial charge in [0.2, 0.25) is 6.33 Å². The second-order valence-corrected chi connectivity index (χ2v) is 3.17. The minimum absolute atomic E-state index is 0.489. The summed E-state index contributed by atoms with van der Waals surface area (Å²) in [6.45, 7) is 0.939. The summed E-state index contributed by atoms with van der Waals surface area (Å²) < 4.78 is 9.36. The smallest absolute Gasteiger partial charge is 0.243 e. The fourth-order valence-corrected chi connectivity index (χ4v) is 1.32. The van der Waals surface area contributed by atoms with Gasteiger partial charge in [-0.05, 0) is 0 Å². The topological polar surface area (TPSA) is 21.3 Å². The van der Waals surface area contributed by atoms with Crippen molar-refractivity contribution in [2.24, 2.45) is 14.1 Å². The maximum absolute atomic E-state index is 5.15. The Balaban J connectivity index is 2.14. The monoisotopic (exact) mass is 153 g/mol. The van der Waals surface area contributed by atoms with Crippen molar-refractivity contribution in [2.45, 2.75) is 12.5 Å². The Kier molecular flexibility index (Phi) is 1.46. The van der Waals surface area contributed by atoms with Crippen molar-refractivity contribution in [1.29, 1.82) is 0 Å². The molecule has 0 saturated carbocycles. The van der Waals surface area contributed by atoms with Crippen LogP contribution in [0.4, 0.5) is 0 Å². The molecule has 1 fully saturated rings. The quantitative estimate of drug-likeness (QED) is 0.425. The first kappa shape index (κ1) is 6.85. The zero-order chi connectivity index (χ0) is 7.84. The molecule has 0 N–H and O–H groups in total. The second kappa shape index (κ2) is 2.34. The van der Waals surface area contributed by atoms with Crippen molar-refractivity contribution in [3.05, 3.63) is 18.2 Å². The molecule has 1 aromatic heterocycles. The van der Waals surface area contributed by atoms with Crippen LogP contribution in [0.1, 0.15) is 5.69 Å². The van der Waals surface area contributed by atoms with Crippen molar-refractivity contribution in [1.82, 2.24) is 4.57 Å². The molecule has 3 heteroatoms. The predicted octanol–water partition coefficient (Wildman–Crippen LogP) is -0.209. The molecule has 0 spiro atoms. The van der Waals surface area contributed by atoms with Crippen LogP contribution in [-0.4, -0.2) is 17.3 Å². The molecule has 0 bridgehead atoms. The van der Waals surface area contributed by atoms with Crippen LogP contribution in [0.25, 0.3) is 0 Å². The Morgan fingerprint density at radius 3 is 3.00 bits per heavy atom. The van der Waals surface area contributed by atoms with Crippen LogP contribution in [-0.2, 0) is 25.3 Å². The average molecular weight is 153 g/mol. The minimum atomic E-state index is 0.489. The van der Waals surface area contributed by atoms with Crippen molar-refractivity contribution >= 4 is 0 Å². The van der Waals surface area contributed by atoms with E-state index in [2.05, 4.69) is 28.7 Å². The van der Waals surface area contributed by atoms with E-state index in [9.17, 15) is 0 Å². The summed E-state index contributed by atoms with van der Waals surface area (Å²) in [6, 6.07) is 0. The standard InChI is InChI=1S/C8H13N2O/c1-9-4-7(10(2)6-9)3-8-5-11-8/h4,6,8H,3,5H2,1-2H3/q+1. The zero-order valence-corrected chi connectivity index (χ0v) is 6.95. The minimum Gasteiger partial charge on any atom is -0.373 e. The molecule has 1 aliphatic heterocycles. The fourth-order valence-electron chi connectivity index (χ4n) is 1.32. The Morgan fingerprint density at radius 2 is 2.55 bits per heavy atom. The van der Waals surface area contributed by atoms with Crippen molar-refractivity contribution < 1.29 is 9.30 Å². The Hall–Kier alpha value is -0.830. The summed E-state index contributed by atoms with van der Waals surface area (Å²) >= 11 is 0. The van der Waals surface area contributed by atoms with Gasteiger partial charge >= 0.3 is 0 Å². The number of epoxide rings is 1. The summed E-state index contributed by atoms with van der Waals surface area (Å²) in [6.07, 6.45) is 5.75. The summed E-state index contributed by atoms with van der Waals surface area (Å²) in [4.78, 5) is 0. The van der Waals surface area contributed by atoms with Gasteiger partial charge in [0.1, 0.15) is 11.9 Å². The first-order valence-electron chi connectivity index (χ1n) is 3.88. The van der Waals surface area contributed by atoms with Gasteiger partial charge in [0.15, 0.2) is 0 Å². The van der Waals surface area contributed by atoms with Gasteiger partial charge in [-0.2, -0.15) is 0 Å². The van der Waals surface area contributed by atoms with E-state index in [4.69, 9.17) is 4.74 Å². The van der Waals surface area contributed by atoms with E-state index in [1.165, 1.54) is 5.69 Å². The lowest BCUT2D eigenvalue weighted by Crippen LogP contribution is -2.23. The van der Waals surface area contributed by atoms with Gasteiger partial charge < -0.3 is 4.74 Å². The van der Waals surface area contributed by atoms with Gasteiger partial charge in [-0.25, -0.2) is 9.13 Å². The predicted molar refractivity (Wildman–Crippen MR) is 40.0 cm³/mol. The molecule has 0 aromatic carbocycles. The molecular weight excluding hydrogens is 140 g/mol. The molecule has 1 saturated heterocycles. The fraction of sp³-hybridized carbons (Fsp3) is 0.625. The summed E-state index contributed by atoms with van der Waals surface area (Å²) in [7, 11) is 4.11. The lowest BCUT2D eigenvalue weighted by atomic mass is 10.3. The van der Waals surface area contributed by atoms with Crippen molar-refractivity contribution in [2.75, 3.05) is 6.61 Å². The van der Waals surface area contributed by atoms with Gasteiger partial charge in [-0.1, -0.05) is 0 Å². The van der Waals surface area contributed by atoms with E-state index in [0.717, 1.165) is 13.0 Å². The highest BCUT2D eigenvalue weighted by Gasteiger charge is 2.25. The van der Waals surface area contributed by atoms with Crippen molar-refractivity contribution in [3.8, 4) is 0 Å². The van der Waals surface area contributed by atoms with Crippen LogP contribution in [0.2, 0.25) is 0 Å². The van der Waals surface area contributed by atoms with Gasteiger partial charge in [-0.15, -0.1) is 0 Å². The lowest BCUT2D eigenvalue weighted by Gasteiger charge is -1.89. The Bertz CT molecular complexity index is 263. The van der Waals surface area contributed by atoms with E-state index in [0.29, 0.717) is 6.10 Å². The highest BCUT2D eigenvalue weighted by molar-refractivity contribution is 4.97. The second-order valence-electron chi connectivity index (χ2n) is 3.17. The molecule has 0 amide bonds. The highest BCUT2D eigenvalue weighted by Crippen LogP contribution is 2.14. The highest BCUT2D eigenvalue weighted by atomic mass is 16.6. The maximum atomic E-state index is 5.15. The van der Waals surface area contributed by atoms with E-state index in [1.54, 1.807) is 0 Å². The van der Waals surface area contributed by atoms with Crippen LogP contribution >= 0.6 is 0 Å². The first-order chi connectivity index (χ1) is 5.25. The third-order valence-corrected chi connectivity index (χ3v) is 2.00. The molecule has 2 rings (SSSR count). The molecule has 1 aromatic rings. The molecule has 2 heterocycles. The number of ether oxygens (including phenoxy) is 1. The number of hydrogen-bond acceptors (Lipinski definition) is 1. The van der Waals surface area contributed by atoms with Crippen LogP contribution in [0, 0.1) is 0 Å². The molecule has 11 heavy (non-hydrogen) atoms. The van der Waals surface area contributed by atoms with E-state index in [-0.39, 0.29) is 0 Å². The van der Waals surface area contributed by atoms with Crippen LogP contribution in [0.5, 0.6) is 0 Å². The number of imidazole rings is 1. The summed E-state index contributed by atoms with van der Waals surface area (Å²) in [5.41, 5.74) is 1.34. The number of nitrogens with zero attached hydrogens (tertiary/aromatic N) is 2. The number of aromatic nitrogens is 2. The third-order valence-electron chi connectivity index (χ3n) is 2.00. The van der Waals surface area contributed by atoms with Gasteiger partial charge in [0.25, 0.3) is 0 Å². The van der Waals surface area contributed by atoms with Gasteiger partial charge in [-0.3, -0.25) is 0 Å². The maximum Gasteiger partial charge on any atom is 0.243 e. The van der Waals surface area contributed by atoms with E-state index in [1.807, 2.05) is 7.05 Å². The van der Waals surface area contributed by atoms with Crippen LogP contribution < -0.4 is 4.57 Å². The lowest BCUT2D eigenvalue weighted by molar-refractivity contribution is -0.671. The Labute approximate surface area is 66.2 Å². The molecule has 1 unspecified atom stereocenters. The van der Waals surface area contributed by atoms with Crippen LogP contribution in [0.3, 0.4) is 0 Å². The molecule has 1 aliphatic rings. The molecular formula is C8H13N2O+. The van der Waals surface area contributed by atoms with Gasteiger partial charge in [0.05, 0.1) is 26.8 Å². The molecule has 0 aliphatic carbocycles. The molecule has 3 nitrogen and oxygen atoms in total. The Morgan fingerprint density at radius 1 is 1.82 bits per heavy atom. The largest absolute Gasteiger partial charge is 0.373 e. The molecule has 1 atom stereocenters. The number of aryl methyl sites for hydroxylation is 2. The number of hydrogen-bond donors (Lipinski definition) is 0. The SMILES string of the molecule is Cn1c[n+](C)cc1CC1CO1. The number of rotatable bonds is 2. The first-order valence-corrected chi connectivity index (χ1v) is 3.88. The molecule has 60 valence electrons. The molecule has 0 radical (unpaired) electrons.